The Morgan fingerprint density at radius 1 is 1.33 bits per heavy atom. The summed E-state index contributed by atoms with van der Waals surface area (Å²) in [5.41, 5.74) is 5.77. The number of amides is 1. The second-order valence-electron chi connectivity index (χ2n) is 4.45. The van der Waals surface area contributed by atoms with Gasteiger partial charge in [0.15, 0.2) is 0 Å². The Labute approximate surface area is 113 Å². The Balaban J connectivity index is 2.65. The normalized spacial score (nSPS) is 10.7. The van der Waals surface area contributed by atoms with Gasteiger partial charge in [-0.3, -0.25) is 4.79 Å². The Morgan fingerprint density at radius 2 is 2.00 bits per heavy atom. The molecular weight excluding hydrogens is 252 g/mol. The summed E-state index contributed by atoms with van der Waals surface area (Å²) in [4.78, 5) is 19.8. The lowest BCUT2D eigenvalue weighted by atomic mass is 10.3. The largest absolute Gasteiger partial charge is 0.384 e. The van der Waals surface area contributed by atoms with Gasteiger partial charge in [-0.05, 0) is 39.2 Å². The molecule has 1 aromatic rings. The molecule has 0 aliphatic rings. The van der Waals surface area contributed by atoms with Crippen molar-refractivity contribution in [2.75, 3.05) is 40.0 Å². The molecule has 100 valence electrons. The summed E-state index contributed by atoms with van der Waals surface area (Å²) in [5.74, 6) is 0.0931. The summed E-state index contributed by atoms with van der Waals surface area (Å²) >= 11 is 5.95. The first-order valence-corrected chi connectivity index (χ1v) is 6.12. The van der Waals surface area contributed by atoms with Crippen LogP contribution in [0.25, 0.3) is 0 Å². The van der Waals surface area contributed by atoms with Gasteiger partial charge in [0.25, 0.3) is 5.91 Å². The third-order valence-corrected chi connectivity index (χ3v) is 2.82. The van der Waals surface area contributed by atoms with Crippen LogP contribution in [-0.4, -0.2) is 54.9 Å². The minimum Gasteiger partial charge on any atom is -0.384 e. The second-order valence-corrected chi connectivity index (χ2v) is 4.86. The third-order valence-electron chi connectivity index (χ3n) is 2.52. The van der Waals surface area contributed by atoms with E-state index in [4.69, 9.17) is 17.3 Å². The standard InChI is InChI=1S/C12H19ClN4O/c1-16(2)7-4-8-17(3)12(18)11-9(13)5-6-10(14)15-11/h5-6H,4,7-8H2,1-3H3,(H2,14,15). The van der Waals surface area contributed by atoms with E-state index < -0.39 is 0 Å². The molecule has 0 atom stereocenters. The highest BCUT2D eigenvalue weighted by atomic mass is 35.5. The molecule has 2 N–H and O–H groups in total. The molecule has 0 saturated heterocycles. The molecule has 18 heavy (non-hydrogen) atoms. The lowest BCUT2D eigenvalue weighted by Gasteiger charge is -2.18. The van der Waals surface area contributed by atoms with Crippen LogP contribution >= 0.6 is 11.6 Å². The first-order chi connectivity index (χ1) is 8.41. The van der Waals surface area contributed by atoms with E-state index in [-0.39, 0.29) is 11.6 Å². The molecule has 0 bridgehead atoms. The minimum absolute atomic E-state index is 0.203. The number of hydrogen-bond acceptors (Lipinski definition) is 4. The van der Waals surface area contributed by atoms with Gasteiger partial charge in [0, 0.05) is 13.6 Å². The van der Waals surface area contributed by atoms with Gasteiger partial charge in [-0.15, -0.1) is 0 Å². The number of nitrogen functional groups attached to an aromatic ring is 1. The summed E-state index contributed by atoms with van der Waals surface area (Å²) in [7, 11) is 5.73. The zero-order valence-electron chi connectivity index (χ0n) is 11.0. The highest BCUT2D eigenvalue weighted by Crippen LogP contribution is 2.16. The molecule has 5 nitrogen and oxygen atoms in total. The molecule has 1 amide bonds. The van der Waals surface area contributed by atoms with Gasteiger partial charge in [0.05, 0.1) is 5.02 Å². The van der Waals surface area contributed by atoms with Crippen molar-refractivity contribution >= 4 is 23.3 Å². The number of rotatable bonds is 5. The maximum Gasteiger partial charge on any atom is 0.273 e. The van der Waals surface area contributed by atoms with Gasteiger partial charge >= 0.3 is 0 Å². The number of anilines is 1. The van der Waals surface area contributed by atoms with Crippen LogP contribution in [0.15, 0.2) is 12.1 Å². The molecule has 0 radical (unpaired) electrons. The van der Waals surface area contributed by atoms with Crippen LogP contribution in [0.1, 0.15) is 16.9 Å². The summed E-state index contributed by atoms with van der Waals surface area (Å²) < 4.78 is 0. The molecule has 1 rings (SSSR count). The molecule has 0 saturated carbocycles. The van der Waals surface area contributed by atoms with Gasteiger partial charge in [0.2, 0.25) is 0 Å². The van der Waals surface area contributed by atoms with E-state index in [1.54, 1.807) is 24.1 Å². The number of aromatic nitrogens is 1. The summed E-state index contributed by atoms with van der Waals surface area (Å²) in [6.07, 6.45) is 0.898. The Hall–Kier alpha value is -1.33. The third kappa shape index (κ3) is 4.16. The number of carbonyl (C=O) groups is 1. The van der Waals surface area contributed by atoms with Gasteiger partial charge in [-0.25, -0.2) is 4.98 Å². The van der Waals surface area contributed by atoms with Crippen LogP contribution < -0.4 is 5.73 Å². The summed E-state index contributed by atoms with van der Waals surface area (Å²) in [5, 5.41) is 0.327. The maximum atomic E-state index is 12.1. The monoisotopic (exact) mass is 270 g/mol. The van der Waals surface area contributed by atoms with Gasteiger partial charge < -0.3 is 15.5 Å². The number of pyridine rings is 1. The van der Waals surface area contributed by atoms with E-state index in [0.717, 1.165) is 13.0 Å². The van der Waals surface area contributed by atoms with E-state index in [9.17, 15) is 4.79 Å². The number of nitrogens with two attached hydrogens (primary N) is 1. The van der Waals surface area contributed by atoms with Crippen LogP contribution in [0.4, 0.5) is 5.82 Å². The lowest BCUT2D eigenvalue weighted by Crippen LogP contribution is -2.30. The van der Waals surface area contributed by atoms with Crippen LogP contribution in [0.5, 0.6) is 0 Å². The van der Waals surface area contributed by atoms with E-state index in [0.29, 0.717) is 17.4 Å². The van der Waals surface area contributed by atoms with E-state index in [2.05, 4.69) is 9.88 Å². The minimum atomic E-state index is -0.203. The second kappa shape index (κ2) is 6.56. The molecule has 0 fully saturated rings. The fraction of sp³-hybridized carbons (Fsp3) is 0.500. The fourth-order valence-electron chi connectivity index (χ4n) is 1.51. The van der Waals surface area contributed by atoms with Gasteiger partial charge in [0.1, 0.15) is 11.5 Å². The predicted molar refractivity (Wildman–Crippen MR) is 73.8 cm³/mol. The van der Waals surface area contributed by atoms with Crippen LogP contribution in [0.3, 0.4) is 0 Å². The smallest absolute Gasteiger partial charge is 0.273 e. The maximum absolute atomic E-state index is 12.1. The number of hydrogen-bond donors (Lipinski definition) is 1. The zero-order valence-corrected chi connectivity index (χ0v) is 11.7. The Bertz CT molecular complexity index is 423. The molecule has 0 unspecified atom stereocenters. The van der Waals surface area contributed by atoms with Crippen molar-refractivity contribution in [3.8, 4) is 0 Å². The Kier molecular flexibility index (Phi) is 5.37. The molecule has 1 heterocycles. The highest BCUT2D eigenvalue weighted by molar-refractivity contribution is 6.33. The van der Waals surface area contributed by atoms with Crippen molar-refractivity contribution < 1.29 is 4.79 Å². The average Bonchev–Trinajstić information content (AvgIpc) is 2.30. The zero-order chi connectivity index (χ0) is 13.7. The quantitative estimate of drug-likeness (QED) is 0.877. The van der Waals surface area contributed by atoms with E-state index in [1.807, 2.05) is 14.1 Å². The molecular formula is C12H19ClN4O. The van der Waals surface area contributed by atoms with Crippen molar-refractivity contribution in [3.63, 3.8) is 0 Å². The average molecular weight is 271 g/mol. The molecule has 6 heteroatoms. The van der Waals surface area contributed by atoms with Crippen molar-refractivity contribution in [2.45, 2.75) is 6.42 Å². The molecule has 0 spiro atoms. The van der Waals surface area contributed by atoms with E-state index in [1.165, 1.54) is 0 Å². The molecule has 1 aromatic heterocycles. The fourth-order valence-corrected chi connectivity index (χ4v) is 1.70. The van der Waals surface area contributed by atoms with Gasteiger partial charge in [-0.2, -0.15) is 0 Å². The number of nitrogens with zero attached hydrogens (tertiary/aromatic N) is 3. The predicted octanol–water partition coefficient (Wildman–Crippen LogP) is 1.34. The first-order valence-electron chi connectivity index (χ1n) is 5.74. The molecule has 0 aliphatic carbocycles. The van der Waals surface area contributed by atoms with Crippen LogP contribution in [0, 0.1) is 0 Å². The van der Waals surface area contributed by atoms with Crippen molar-refractivity contribution in [1.29, 1.82) is 0 Å². The lowest BCUT2D eigenvalue weighted by molar-refractivity contribution is 0.0785. The van der Waals surface area contributed by atoms with Gasteiger partial charge in [-0.1, -0.05) is 11.6 Å². The highest BCUT2D eigenvalue weighted by Gasteiger charge is 2.16. The summed E-state index contributed by atoms with van der Waals surface area (Å²) in [6, 6.07) is 3.16. The van der Waals surface area contributed by atoms with Crippen LogP contribution in [-0.2, 0) is 0 Å². The number of carbonyl (C=O) groups excluding carboxylic acids is 1. The SMILES string of the molecule is CN(C)CCCN(C)C(=O)c1nc(N)ccc1Cl. The van der Waals surface area contributed by atoms with E-state index >= 15 is 0 Å². The topological polar surface area (TPSA) is 62.5 Å². The summed E-state index contributed by atoms with van der Waals surface area (Å²) in [6.45, 7) is 1.58. The van der Waals surface area contributed by atoms with Crippen molar-refractivity contribution in [2.24, 2.45) is 0 Å². The van der Waals surface area contributed by atoms with Crippen LogP contribution in [0.2, 0.25) is 5.02 Å². The molecule has 0 aliphatic heterocycles. The first kappa shape index (κ1) is 14.7. The number of halogens is 1. The molecule has 0 aromatic carbocycles. The van der Waals surface area contributed by atoms with Crippen molar-refractivity contribution in [3.05, 3.63) is 22.8 Å². The van der Waals surface area contributed by atoms with Crippen molar-refractivity contribution in [1.82, 2.24) is 14.8 Å². The Morgan fingerprint density at radius 3 is 2.61 bits per heavy atom.